The number of halogens is 1. The van der Waals surface area contributed by atoms with Crippen molar-refractivity contribution < 1.29 is 13.2 Å². The van der Waals surface area contributed by atoms with E-state index < -0.39 is 16.1 Å². The molecular formula is C13H26ClN3O3S. The Labute approximate surface area is 133 Å². The van der Waals surface area contributed by atoms with E-state index >= 15 is 0 Å². The van der Waals surface area contributed by atoms with Gasteiger partial charge < -0.3 is 10.6 Å². The van der Waals surface area contributed by atoms with Crippen molar-refractivity contribution in [3.63, 3.8) is 0 Å². The van der Waals surface area contributed by atoms with Crippen LogP contribution in [0, 0.1) is 0 Å². The molecule has 0 aromatic carbocycles. The highest BCUT2D eigenvalue weighted by Gasteiger charge is 2.40. The van der Waals surface area contributed by atoms with E-state index in [1.165, 1.54) is 4.31 Å². The van der Waals surface area contributed by atoms with Gasteiger partial charge in [-0.3, -0.25) is 4.79 Å². The molecule has 0 spiro atoms. The number of likely N-dealkylation sites (tertiary alicyclic amines) is 1. The highest BCUT2D eigenvalue weighted by atomic mass is 35.5. The molecule has 2 aliphatic rings. The average Bonchev–Trinajstić information content (AvgIpc) is 2.87. The molecule has 2 heterocycles. The number of piperidine rings is 1. The lowest BCUT2D eigenvalue weighted by Crippen LogP contribution is -2.53. The van der Waals surface area contributed by atoms with Crippen LogP contribution < -0.4 is 5.73 Å². The molecule has 6 nitrogen and oxygen atoms in total. The van der Waals surface area contributed by atoms with Gasteiger partial charge in [-0.15, -0.1) is 12.4 Å². The maximum Gasteiger partial charge on any atom is 0.241 e. The number of nitrogens with two attached hydrogens (primary N) is 1. The van der Waals surface area contributed by atoms with Gasteiger partial charge in [0.2, 0.25) is 15.9 Å². The second-order valence-corrected chi connectivity index (χ2v) is 7.81. The second kappa shape index (κ2) is 7.76. The van der Waals surface area contributed by atoms with Crippen LogP contribution in [0.3, 0.4) is 0 Å². The van der Waals surface area contributed by atoms with Gasteiger partial charge in [0.05, 0.1) is 5.75 Å². The number of hydrogen-bond acceptors (Lipinski definition) is 4. The summed E-state index contributed by atoms with van der Waals surface area (Å²) in [5.41, 5.74) is 5.90. The molecule has 2 N–H and O–H groups in total. The summed E-state index contributed by atoms with van der Waals surface area (Å²) in [4.78, 5) is 14.3. The highest BCUT2D eigenvalue weighted by Crippen LogP contribution is 2.24. The molecular weight excluding hydrogens is 314 g/mol. The summed E-state index contributed by atoms with van der Waals surface area (Å²) in [5, 5.41) is 0. The summed E-state index contributed by atoms with van der Waals surface area (Å²) < 4.78 is 25.9. The summed E-state index contributed by atoms with van der Waals surface area (Å²) in [6.45, 7) is 3.56. The fraction of sp³-hybridized carbons (Fsp3) is 0.923. The Morgan fingerprint density at radius 3 is 2.52 bits per heavy atom. The second-order valence-electron chi connectivity index (χ2n) is 5.77. The van der Waals surface area contributed by atoms with Crippen LogP contribution in [0.25, 0.3) is 0 Å². The lowest BCUT2D eigenvalue weighted by molar-refractivity contribution is -0.135. The molecule has 2 fully saturated rings. The third kappa shape index (κ3) is 4.31. The number of nitrogens with zero attached hydrogens (tertiary/aromatic N) is 2. The standard InChI is InChI=1S/C13H25N3O3S.ClH/c1-2-9-20(18,19)16-8-4-6-12(16)13(17)15-7-3-5-11(14)10-15;/h11-12H,2-10,14H2,1H3;1H. The number of rotatable bonds is 4. The molecule has 0 bridgehead atoms. The van der Waals surface area contributed by atoms with Crippen molar-refractivity contribution in [1.29, 1.82) is 0 Å². The molecule has 0 aromatic rings. The van der Waals surface area contributed by atoms with Gasteiger partial charge >= 0.3 is 0 Å². The zero-order valence-corrected chi connectivity index (χ0v) is 14.2. The van der Waals surface area contributed by atoms with E-state index in [1.54, 1.807) is 4.90 Å². The van der Waals surface area contributed by atoms with Crippen molar-refractivity contribution in [2.24, 2.45) is 5.73 Å². The third-order valence-corrected chi connectivity index (χ3v) is 6.15. The zero-order chi connectivity index (χ0) is 14.8. The molecule has 124 valence electrons. The van der Waals surface area contributed by atoms with Crippen LogP contribution in [0.2, 0.25) is 0 Å². The molecule has 1 amide bonds. The summed E-state index contributed by atoms with van der Waals surface area (Å²) in [7, 11) is -3.30. The van der Waals surface area contributed by atoms with Gasteiger partial charge in [-0.1, -0.05) is 6.92 Å². The third-order valence-electron chi connectivity index (χ3n) is 4.08. The molecule has 0 aromatic heterocycles. The lowest BCUT2D eigenvalue weighted by Gasteiger charge is -2.34. The molecule has 2 rings (SSSR count). The molecule has 21 heavy (non-hydrogen) atoms. The minimum Gasteiger partial charge on any atom is -0.340 e. The van der Waals surface area contributed by atoms with Crippen molar-refractivity contribution in [1.82, 2.24) is 9.21 Å². The predicted octanol–water partition coefficient (Wildman–Crippen LogP) is 0.562. The number of amides is 1. The van der Waals surface area contributed by atoms with Crippen LogP contribution in [0.1, 0.15) is 39.0 Å². The van der Waals surface area contributed by atoms with Crippen LogP contribution in [0.5, 0.6) is 0 Å². The maximum atomic E-state index is 12.6. The van der Waals surface area contributed by atoms with E-state index in [1.807, 2.05) is 6.92 Å². The van der Waals surface area contributed by atoms with Crippen LogP contribution in [-0.2, 0) is 14.8 Å². The Balaban J connectivity index is 0.00000220. The van der Waals surface area contributed by atoms with Crippen molar-refractivity contribution >= 4 is 28.3 Å². The number of carbonyl (C=O) groups excluding carboxylic acids is 1. The maximum absolute atomic E-state index is 12.6. The van der Waals surface area contributed by atoms with Gasteiger partial charge in [0, 0.05) is 25.7 Å². The molecule has 2 unspecified atom stereocenters. The van der Waals surface area contributed by atoms with E-state index in [2.05, 4.69) is 0 Å². The predicted molar refractivity (Wildman–Crippen MR) is 84.8 cm³/mol. The van der Waals surface area contributed by atoms with E-state index in [0.29, 0.717) is 32.5 Å². The summed E-state index contributed by atoms with van der Waals surface area (Å²) in [6, 6.07) is -0.480. The van der Waals surface area contributed by atoms with E-state index in [9.17, 15) is 13.2 Å². The number of sulfonamides is 1. The van der Waals surface area contributed by atoms with E-state index in [-0.39, 0.29) is 30.1 Å². The Morgan fingerprint density at radius 1 is 1.24 bits per heavy atom. The number of hydrogen-bond donors (Lipinski definition) is 1. The van der Waals surface area contributed by atoms with Gasteiger partial charge in [-0.2, -0.15) is 4.31 Å². The van der Waals surface area contributed by atoms with Crippen LogP contribution in [-0.4, -0.2) is 61.0 Å². The molecule has 8 heteroatoms. The first-order chi connectivity index (χ1) is 9.45. The summed E-state index contributed by atoms with van der Waals surface area (Å²) >= 11 is 0. The van der Waals surface area contributed by atoms with Gasteiger partial charge in [0.15, 0.2) is 0 Å². The summed E-state index contributed by atoms with van der Waals surface area (Å²) in [6.07, 6.45) is 3.81. The molecule has 0 radical (unpaired) electrons. The SMILES string of the molecule is CCCS(=O)(=O)N1CCCC1C(=O)N1CCCC(N)C1.Cl. The van der Waals surface area contributed by atoms with Crippen LogP contribution in [0.15, 0.2) is 0 Å². The monoisotopic (exact) mass is 339 g/mol. The Bertz CT molecular complexity index is 458. The average molecular weight is 340 g/mol. The van der Waals surface area contributed by atoms with Crippen LogP contribution in [0.4, 0.5) is 0 Å². The van der Waals surface area contributed by atoms with Gasteiger partial charge in [-0.25, -0.2) is 8.42 Å². The number of carbonyl (C=O) groups is 1. The summed E-state index contributed by atoms with van der Waals surface area (Å²) in [5.74, 6) is 0.0633. The first kappa shape index (κ1) is 18.7. The molecule has 2 saturated heterocycles. The van der Waals surface area contributed by atoms with Crippen molar-refractivity contribution in [2.45, 2.75) is 51.1 Å². The minimum absolute atomic E-state index is 0. The Morgan fingerprint density at radius 2 is 1.90 bits per heavy atom. The Hall–Kier alpha value is -0.370. The quantitative estimate of drug-likeness (QED) is 0.811. The molecule has 2 aliphatic heterocycles. The highest BCUT2D eigenvalue weighted by molar-refractivity contribution is 7.89. The topological polar surface area (TPSA) is 83.7 Å². The molecule has 0 saturated carbocycles. The van der Waals surface area contributed by atoms with E-state index in [0.717, 1.165) is 19.3 Å². The molecule has 0 aliphatic carbocycles. The lowest BCUT2D eigenvalue weighted by atomic mass is 10.1. The first-order valence-corrected chi connectivity index (χ1v) is 9.10. The van der Waals surface area contributed by atoms with Crippen molar-refractivity contribution in [3.05, 3.63) is 0 Å². The van der Waals surface area contributed by atoms with Crippen LogP contribution >= 0.6 is 12.4 Å². The van der Waals surface area contributed by atoms with Gasteiger partial charge in [0.25, 0.3) is 0 Å². The fourth-order valence-electron chi connectivity index (χ4n) is 3.12. The van der Waals surface area contributed by atoms with Crippen molar-refractivity contribution in [2.75, 3.05) is 25.4 Å². The van der Waals surface area contributed by atoms with Gasteiger partial charge in [-0.05, 0) is 32.1 Å². The first-order valence-electron chi connectivity index (χ1n) is 7.49. The smallest absolute Gasteiger partial charge is 0.241 e. The Kier molecular flexibility index (Phi) is 6.90. The largest absolute Gasteiger partial charge is 0.340 e. The van der Waals surface area contributed by atoms with Gasteiger partial charge in [0.1, 0.15) is 6.04 Å². The van der Waals surface area contributed by atoms with E-state index in [4.69, 9.17) is 5.73 Å². The van der Waals surface area contributed by atoms with Crippen molar-refractivity contribution in [3.8, 4) is 0 Å². The fourth-order valence-corrected chi connectivity index (χ4v) is 4.86. The minimum atomic E-state index is -3.30. The zero-order valence-electron chi connectivity index (χ0n) is 12.5. The normalized spacial score (nSPS) is 27.4. The molecule has 2 atom stereocenters.